The molecule has 0 amide bonds. The van der Waals surface area contributed by atoms with E-state index in [9.17, 15) is 0 Å². The van der Waals surface area contributed by atoms with Crippen LogP contribution in [0.2, 0.25) is 0 Å². The molecule has 0 aliphatic carbocycles. The number of hydrogen-bond acceptors (Lipinski definition) is 5. The van der Waals surface area contributed by atoms with Gasteiger partial charge in [0.15, 0.2) is 0 Å². The number of aromatic nitrogens is 3. The molecule has 1 N–H and O–H groups in total. The standard InChI is InChI=1S/C15H14N4O/c1-16-15-18-9-12-11(10-4-3-7-17-8-10)5-6-13(20-2)14(12)19-15/h3-9H,1-2H3,(H,16,18,19). The number of nitrogens with zero attached hydrogens (tertiary/aromatic N) is 3. The van der Waals surface area contributed by atoms with Crippen molar-refractivity contribution in [1.29, 1.82) is 0 Å². The third-order valence-electron chi connectivity index (χ3n) is 3.13. The Labute approximate surface area is 116 Å². The molecule has 0 atom stereocenters. The Morgan fingerprint density at radius 1 is 1.15 bits per heavy atom. The maximum atomic E-state index is 5.38. The number of anilines is 1. The summed E-state index contributed by atoms with van der Waals surface area (Å²) < 4.78 is 5.38. The molecule has 2 aromatic heterocycles. The SMILES string of the molecule is CNc1ncc2c(-c3cccnc3)ccc(OC)c2n1. The quantitative estimate of drug-likeness (QED) is 0.789. The molecule has 0 saturated carbocycles. The van der Waals surface area contributed by atoms with Crippen molar-refractivity contribution in [3.8, 4) is 16.9 Å². The zero-order valence-electron chi connectivity index (χ0n) is 11.3. The van der Waals surface area contributed by atoms with E-state index in [1.165, 1.54) is 0 Å². The predicted octanol–water partition coefficient (Wildman–Crippen LogP) is 2.74. The lowest BCUT2D eigenvalue weighted by molar-refractivity contribution is 0.419. The highest BCUT2D eigenvalue weighted by Crippen LogP contribution is 2.32. The van der Waals surface area contributed by atoms with Crippen molar-refractivity contribution in [2.24, 2.45) is 0 Å². The van der Waals surface area contributed by atoms with E-state index < -0.39 is 0 Å². The molecule has 3 aromatic rings. The Morgan fingerprint density at radius 3 is 2.75 bits per heavy atom. The number of benzene rings is 1. The first kappa shape index (κ1) is 12.3. The van der Waals surface area contributed by atoms with E-state index in [0.29, 0.717) is 5.95 Å². The molecule has 1 aromatic carbocycles. The van der Waals surface area contributed by atoms with E-state index in [0.717, 1.165) is 27.8 Å². The second-order valence-electron chi connectivity index (χ2n) is 4.26. The fourth-order valence-electron chi connectivity index (χ4n) is 2.15. The lowest BCUT2D eigenvalue weighted by atomic mass is 10.0. The summed E-state index contributed by atoms with van der Waals surface area (Å²) in [6.07, 6.45) is 5.39. The molecule has 0 unspecified atom stereocenters. The van der Waals surface area contributed by atoms with Crippen molar-refractivity contribution in [2.75, 3.05) is 19.5 Å². The Balaban J connectivity index is 2.30. The molecule has 0 aliphatic heterocycles. The minimum Gasteiger partial charge on any atom is -0.494 e. The average molecular weight is 266 g/mol. The second kappa shape index (κ2) is 5.13. The van der Waals surface area contributed by atoms with Crippen LogP contribution in [0.15, 0.2) is 42.9 Å². The van der Waals surface area contributed by atoms with Gasteiger partial charge in [-0.15, -0.1) is 0 Å². The number of hydrogen-bond donors (Lipinski definition) is 1. The maximum absolute atomic E-state index is 5.38. The lowest BCUT2D eigenvalue weighted by Crippen LogP contribution is -1.98. The van der Waals surface area contributed by atoms with Crippen molar-refractivity contribution in [1.82, 2.24) is 15.0 Å². The van der Waals surface area contributed by atoms with Gasteiger partial charge in [-0.25, -0.2) is 9.97 Å². The molecular formula is C15H14N4O. The third-order valence-corrected chi connectivity index (χ3v) is 3.13. The van der Waals surface area contributed by atoms with E-state index in [1.807, 2.05) is 30.5 Å². The van der Waals surface area contributed by atoms with E-state index in [2.05, 4.69) is 20.3 Å². The molecular weight excluding hydrogens is 252 g/mol. The summed E-state index contributed by atoms with van der Waals surface area (Å²) in [4.78, 5) is 12.9. The number of nitrogens with one attached hydrogen (secondary N) is 1. The first-order valence-electron chi connectivity index (χ1n) is 6.25. The predicted molar refractivity (Wildman–Crippen MR) is 78.9 cm³/mol. The van der Waals surface area contributed by atoms with Crippen LogP contribution in [0.3, 0.4) is 0 Å². The van der Waals surface area contributed by atoms with Crippen LogP contribution < -0.4 is 10.1 Å². The first-order chi connectivity index (χ1) is 9.83. The third kappa shape index (κ3) is 2.03. The second-order valence-corrected chi connectivity index (χ2v) is 4.26. The van der Waals surface area contributed by atoms with Crippen LogP contribution in [-0.4, -0.2) is 29.1 Å². The summed E-state index contributed by atoms with van der Waals surface area (Å²) >= 11 is 0. The number of rotatable bonds is 3. The van der Waals surface area contributed by atoms with Crippen molar-refractivity contribution >= 4 is 16.9 Å². The van der Waals surface area contributed by atoms with E-state index in [4.69, 9.17) is 4.74 Å². The molecule has 0 saturated heterocycles. The Kier molecular flexibility index (Phi) is 3.16. The molecule has 3 rings (SSSR count). The van der Waals surface area contributed by atoms with Crippen molar-refractivity contribution in [3.05, 3.63) is 42.9 Å². The fraction of sp³-hybridized carbons (Fsp3) is 0.133. The highest BCUT2D eigenvalue weighted by atomic mass is 16.5. The normalized spacial score (nSPS) is 10.5. The lowest BCUT2D eigenvalue weighted by Gasteiger charge is -2.10. The van der Waals surface area contributed by atoms with Crippen LogP contribution in [-0.2, 0) is 0 Å². The van der Waals surface area contributed by atoms with Crippen LogP contribution >= 0.6 is 0 Å². The summed E-state index contributed by atoms with van der Waals surface area (Å²) in [5.41, 5.74) is 2.85. The van der Waals surface area contributed by atoms with Crippen LogP contribution in [0.25, 0.3) is 22.0 Å². The Morgan fingerprint density at radius 2 is 2.05 bits per heavy atom. The smallest absolute Gasteiger partial charge is 0.223 e. The summed E-state index contributed by atoms with van der Waals surface area (Å²) in [6.45, 7) is 0. The minimum absolute atomic E-state index is 0.569. The van der Waals surface area contributed by atoms with Crippen molar-refractivity contribution in [3.63, 3.8) is 0 Å². The first-order valence-corrected chi connectivity index (χ1v) is 6.25. The Hall–Kier alpha value is -2.69. The number of pyridine rings is 1. The van der Waals surface area contributed by atoms with E-state index >= 15 is 0 Å². The van der Waals surface area contributed by atoms with E-state index in [1.54, 1.807) is 26.6 Å². The molecule has 20 heavy (non-hydrogen) atoms. The van der Waals surface area contributed by atoms with Gasteiger partial charge in [-0.2, -0.15) is 0 Å². The van der Waals surface area contributed by atoms with E-state index in [-0.39, 0.29) is 0 Å². The molecule has 5 heteroatoms. The van der Waals surface area contributed by atoms with Gasteiger partial charge in [-0.1, -0.05) is 6.07 Å². The number of fused-ring (bicyclic) bond motifs is 1. The van der Waals surface area contributed by atoms with Gasteiger partial charge >= 0.3 is 0 Å². The minimum atomic E-state index is 0.569. The maximum Gasteiger partial charge on any atom is 0.223 e. The number of methoxy groups -OCH3 is 1. The van der Waals surface area contributed by atoms with Gasteiger partial charge in [-0.3, -0.25) is 4.98 Å². The van der Waals surface area contributed by atoms with Crippen molar-refractivity contribution in [2.45, 2.75) is 0 Å². The summed E-state index contributed by atoms with van der Waals surface area (Å²) in [7, 11) is 3.43. The molecule has 0 aliphatic rings. The highest BCUT2D eigenvalue weighted by molar-refractivity contribution is 5.97. The van der Waals surface area contributed by atoms with Crippen LogP contribution in [0.5, 0.6) is 5.75 Å². The average Bonchev–Trinajstić information content (AvgIpc) is 2.54. The zero-order valence-corrected chi connectivity index (χ0v) is 11.3. The van der Waals surface area contributed by atoms with Gasteiger partial charge in [0.25, 0.3) is 0 Å². The van der Waals surface area contributed by atoms with Crippen LogP contribution in [0.1, 0.15) is 0 Å². The molecule has 2 heterocycles. The molecule has 0 spiro atoms. The molecule has 5 nitrogen and oxygen atoms in total. The molecule has 0 bridgehead atoms. The van der Waals surface area contributed by atoms with Gasteiger partial charge in [0.1, 0.15) is 11.3 Å². The van der Waals surface area contributed by atoms with Crippen molar-refractivity contribution < 1.29 is 4.74 Å². The largest absolute Gasteiger partial charge is 0.494 e. The van der Waals surface area contributed by atoms with Gasteiger partial charge in [-0.05, 0) is 23.8 Å². The monoisotopic (exact) mass is 266 g/mol. The van der Waals surface area contributed by atoms with Gasteiger partial charge < -0.3 is 10.1 Å². The molecule has 0 radical (unpaired) electrons. The Bertz CT molecular complexity index is 743. The molecule has 100 valence electrons. The summed E-state index contributed by atoms with van der Waals surface area (Å²) in [5, 5.41) is 3.88. The fourth-order valence-corrected chi connectivity index (χ4v) is 2.15. The van der Waals surface area contributed by atoms with Crippen LogP contribution in [0, 0.1) is 0 Å². The highest BCUT2D eigenvalue weighted by Gasteiger charge is 2.11. The van der Waals surface area contributed by atoms with Gasteiger partial charge in [0, 0.05) is 36.6 Å². The van der Waals surface area contributed by atoms with Gasteiger partial charge in [0.05, 0.1) is 7.11 Å². The summed E-state index contributed by atoms with van der Waals surface area (Å²) in [5.74, 6) is 1.30. The van der Waals surface area contributed by atoms with Gasteiger partial charge in [0.2, 0.25) is 5.95 Å². The summed E-state index contributed by atoms with van der Waals surface area (Å²) in [6, 6.07) is 7.84. The van der Waals surface area contributed by atoms with Crippen LogP contribution in [0.4, 0.5) is 5.95 Å². The zero-order chi connectivity index (χ0) is 13.9. The molecule has 0 fully saturated rings. The topological polar surface area (TPSA) is 59.9 Å². The number of ether oxygens (including phenoxy) is 1.